The third-order valence-corrected chi connectivity index (χ3v) is 1.33. The average molecular weight is 200 g/mol. The van der Waals surface area contributed by atoms with Crippen molar-refractivity contribution in [2.75, 3.05) is 6.61 Å². The first-order chi connectivity index (χ1) is 7.31. The highest BCUT2D eigenvalue weighted by molar-refractivity contribution is 5.27. The highest BCUT2D eigenvalue weighted by Crippen LogP contribution is 1.90. The summed E-state index contributed by atoms with van der Waals surface area (Å²) in [6.45, 7) is -0.365. The van der Waals surface area contributed by atoms with Gasteiger partial charge in [-0.2, -0.15) is 0 Å². The van der Waals surface area contributed by atoms with Crippen LogP contribution < -0.4 is 0 Å². The van der Waals surface area contributed by atoms with Crippen LogP contribution in [0.5, 0.6) is 0 Å². The van der Waals surface area contributed by atoms with Gasteiger partial charge in [-0.25, -0.2) is 0 Å². The Hall–Kier alpha value is -1.84. The van der Waals surface area contributed by atoms with Crippen molar-refractivity contribution in [1.29, 1.82) is 0 Å². The van der Waals surface area contributed by atoms with Crippen LogP contribution in [-0.4, -0.2) is 22.9 Å². The first-order valence-electron chi connectivity index (χ1n) is 4.52. The predicted molar refractivity (Wildman–Crippen MR) is 59.1 cm³/mol. The van der Waals surface area contributed by atoms with Crippen LogP contribution in [-0.2, 0) is 0 Å². The SMILES string of the molecule is C#CC#CCCCC#CC#C[C@@H](O)CO. The molecule has 0 spiro atoms. The number of hydrogen-bond acceptors (Lipinski definition) is 2. The Bertz CT molecular complexity index is 382. The fourth-order valence-electron chi connectivity index (χ4n) is 0.650. The molecule has 0 radical (unpaired) electrons. The molecule has 0 saturated carbocycles. The van der Waals surface area contributed by atoms with Crippen molar-refractivity contribution in [3.8, 4) is 47.9 Å². The number of hydrogen-bond donors (Lipinski definition) is 2. The van der Waals surface area contributed by atoms with Gasteiger partial charge in [0.1, 0.15) is 6.10 Å². The van der Waals surface area contributed by atoms with Crippen LogP contribution in [0.2, 0.25) is 0 Å². The highest BCUT2D eigenvalue weighted by atomic mass is 16.3. The fraction of sp³-hybridized carbons (Fsp3) is 0.385. The zero-order chi connectivity index (χ0) is 11.4. The number of aliphatic hydroxyl groups excluding tert-OH is 2. The molecule has 0 fully saturated rings. The molecule has 0 bridgehead atoms. The Balaban J connectivity index is 3.63. The van der Waals surface area contributed by atoms with E-state index in [4.69, 9.17) is 16.6 Å². The fourth-order valence-corrected chi connectivity index (χ4v) is 0.650. The lowest BCUT2D eigenvalue weighted by Crippen LogP contribution is -2.07. The van der Waals surface area contributed by atoms with Gasteiger partial charge < -0.3 is 10.2 Å². The quantitative estimate of drug-likeness (QED) is 0.503. The molecule has 1 atom stereocenters. The second-order valence-electron chi connectivity index (χ2n) is 2.57. The first-order valence-corrected chi connectivity index (χ1v) is 4.52. The molecule has 15 heavy (non-hydrogen) atoms. The third kappa shape index (κ3) is 10.1. The van der Waals surface area contributed by atoms with Gasteiger partial charge in [-0.15, -0.1) is 6.42 Å². The van der Waals surface area contributed by atoms with E-state index >= 15 is 0 Å². The molecule has 0 aliphatic heterocycles. The number of unbranched alkanes of at least 4 members (excludes halogenated alkanes) is 2. The molecule has 76 valence electrons. The molecule has 0 rings (SSSR count). The second-order valence-corrected chi connectivity index (χ2v) is 2.57. The van der Waals surface area contributed by atoms with Gasteiger partial charge in [0, 0.05) is 12.8 Å². The first kappa shape index (κ1) is 13.2. The minimum atomic E-state index is -0.999. The molecule has 0 amide bonds. The Morgan fingerprint density at radius 1 is 1.07 bits per heavy atom. The Morgan fingerprint density at radius 3 is 2.33 bits per heavy atom. The van der Waals surface area contributed by atoms with Gasteiger partial charge >= 0.3 is 0 Å². The van der Waals surface area contributed by atoms with Crippen molar-refractivity contribution < 1.29 is 10.2 Å². The van der Waals surface area contributed by atoms with Crippen LogP contribution in [0.1, 0.15) is 19.3 Å². The standard InChI is InChI=1S/C13H12O2/c1-2-3-4-5-6-7-8-9-10-11-13(15)12-14/h1,13-15H,5-7,12H2/t13-/m1/s1. The van der Waals surface area contributed by atoms with E-state index in [1.807, 2.05) is 0 Å². The summed E-state index contributed by atoms with van der Waals surface area (Å²) in [6, 6.07) is 0. The van der Waals surface area contributed by atoms with E-state index in [1.165, 1.54) is 0 Å². The largest absolute Gasteiger partial charge is 0.393 e. The van der Waals surface area contributed by atoms with E-state index < -0.39 is 6.10 Å². The van der Waals surface area contributed by atoms with E-state index in [0.29, 0.717) is 6.42 Å². The van der Waals surface area contributed by atoms with Crippen molar-refractivity contribution in [2.45, 2.75) is 25.4 Å². The second kappa shape index (κ2) is 10.2. The van der Waals surface area contributed by atoms with E-state index in [-0.39, 0.29) is 6.61 Å². The number of terminal acetylenes is 1. The molecule has 0 unspecified atom stereocenters. The van der Waals surface area contributed by atoms with Gasteiger partial charge in [-0.3, -0.25) is 0 Å². The molecule has 0 aromatic carbocycles. The Morgan fingerprint density at radius 2 is 1.73 bits per heavy atom. The van der Waals surface area contributed by atoms with Crippen LogP contribution in [0.3, 0.4) is 0 Å². The summed E-state index contributed by atoms with van der Waals surface area (Å²) in [4.78, 5) is 0. The van der Waals surface area contributed by atoms with Gasteiger partial charge in [0.2, 0.25) is 0 Å². The lowest BCUT2D eigenvalue weighted by atomic mass is 10.2. The topological polar surface area (TPSA) is 40.5 Å². The highest BCUT2D eigenvalue weighted by Gasteiger charge is 1.90. The van der Waals surface area contributed by atoms with E-state index in [9.17, 15) is 0 Å². The van der Waals surface area contributed by atoms with Crippen LogP contribution in [0.15, 0.2) is 0 Å². The smallest absolute Gasteiger partial charge is 0.138 e. The van der Waals surface area contributed by atoms with E-state index in [1.54, 1.807) is 0 Å². The summed E-state index contributed by atoms with van der Waals surface area (Å²) >= 11 is 0. The van der Waals surface area contributed by atoms with Gasteiger partial charge in [0.25, 0.3) is 0 Å². The number of rotatable bonds is 3. The lowest BCUT2D eigenvalue weighted by Gasteiger charge is -1.90. The van der Waals surface area contributed by atoms with Crippen LogP contribution in [0.4, 0.5) is 0 Å². The monoisotopic (exact) mass is 200 g/mol. The van der Waals surface area contributed by atoms with Crippen LogP contribution in [0.25, 0.3) is 0 Å². The minimum absolute atomic E-state index is 0.365. The summed E-state index contributed by atoms with van der Waals surface area (Å²) < 4.78 is 0. The van der Waals surface area contributed by atoms with Crippen LogP contribution in [0, 0.1) is 47.9 Å². The zero-order valence-electron chi connectivity index (χ0n) is 8.38. The van der Waals surface area contributed by atoms with Crippen LogP contribution >= 0.6 is 0 Å². The molecule has 2 nitrogen and oxygen atoms in total. The molecule has 0 aliphatic rings. The summed E-state index contributed by atoms with van der Waals surface area (Å²) in [5, 5.41) is 17.3. The third-order valence-electron chi connectivity index (χ3n) is 1.33. The number of aliphatic hydroxyl groups is 2. The van der Waals surface area contributed by atoms with Crippen molar-refractivity contribution in [3.63, 3.8) is 0 Å². The molecular weight excluding hydrogens is 188 g/mol. The molecule has 0 aliphatic carbocycles. The maximum Gasteiger partial charge on any atom is 0.138 e. The summed E-state index contributed by atoms with van der Waals surface area (Å²) in [5.74, 6) is 17.7. The summed E-state index contributed by atoms with van der Waals surface area (Å²) in [5.41, 5.74) is 0. The van der Waals surface area contributed by atoms with E-state index in [0.717, 1.165) is 12.8 Å². The Labute approximate surface area is 90.7 Å². The summed E-state index contributed by atoms with van der Waals surface area (Å²) in [7, 11) is 0. The molecule has 2 heteroatoms. The normalized spacial score (nSPS) is 9.13. The van der Waals surface area contributed by atoms with Crippen molar-refractivity contribution in [1.82, 2.24) is 0 Å². The van der Waals surface area contributed by atoms with Crippen molar-refractivity contribution in [3.05, 3.63) is 0 Å². The minimum Gasteiger partial charge on any atom is -0.393 e. The lowest BCUT2D eigenvalue weighted by molar-refractivity contribution is 0.138. The maximum atomic E-state index is 8.83. The van der Waals surface area contributed by atoms with Crippen molar-refractivity contribution >= 4 is 0 Å². The molecule has 0 heterocycles. The predicted octanol–water partition coefficient (Wildman–Crippen LogP) is 0.153. The molecule has 0 aromatic heterocycles. The van der Waals surface area contributed by atoms with Gasteiger partial charge in [-0.05, 0) is 30.1 Å². The molecule has 2 N–H and O–H groups in total. The zero-order valence-corrected chi connectivity index (χ0v) is 8.38. The van der Waals surface area contributed by atoms with E-state index in [2.05, 4.69) is 41.4 Å². The molecule has 0 saturated heterocycles. The van der Waals surface area contributed by atoms with Gasteiger partial charge in [-0.1, -0.05) is 17.8 Å². The maximum absolute atomic E-state index is 8.83. The molecular formula is C13H12O2. The molecule has 0 aromatic rings. The Kier molecular flexibility index (Phi) is 8.99. The van der Waals surface area contributed by atoms with Crippen molar-refractivity contribution in [2.24, 2.45) is 0 Å². The summed E-state index contributed by atoms with van der Waals surface area (Å²) in [6.07, 6.45) is 6.22. The average Bonchev–Trinajstić information content (AvgIpc) is 2.26. The van der Waals surface area contributed by atoms with Gasteiger partial charge in [0.15, 0.2) is 0 Å². The van der Waals surface area contributed by atoms with Gasteiger partial charge in [0.05, 0.1) is 6.61 Å².